The predicted octanol–water partition coefficient (Wildman–Crippen LogP) is 11.8. The van der Waals surface area contributed by atoms with Gasteiger partial charge in [0.25, 0.3) is 0 Å². The van der Waals surface area contributed by atoms with Gasteiger partial charge >= 0.3 is 11.9 Å². The molecule has 0 amide bonds. The van der Waals surface area contributed by atoms with Gasteiger partial charge in [-0.1, -0.05) is 177 Å². The molecule has 0 fully saturated rings. The van der Waals surface area contributed by atoms with Gasteiger partial charge in [-0.15, -0.1) is 0 Å². The lowest BCUT2D eigenvalue weighted by Gasteiger charge is -2.34. The second-order valence-electron chi connectivity index (χ2n) is 16.6. The normalized spacial score (nSPS) is 13.6. The van der Waals surface area contributed by atoms with Gasteiger partial charge in [-0.2, -0.15) is 0 Å². The molecule has 0 spiro atoms. The van der Waals surface area contributed by atoms with Crippen molar-refractivity contribution in [3.63, 3.8) is 0 Å². The van der Waals surface area contributed by atoms with Gasteiger partial charge in [0.05, 0.1) is 40.3 Å². The highest BCUT2D eigenvalue weighted by molar-refractivity contribution is 5.70. The molecule has 0 aliphatic rings. The molecule has 0 aliphatic heterocycles. The summed E-state index contributed by atoms with van der Waals surface area (Å²) in [5.74, 6) is -1.81. The highest BCUT2D eigenvalue weighted by Crippen LogP contribution is 2.15. The van der Waals surface area contributed by atoms with Gasteiger partial charge in [0, 0.05) is 19.3 Å². The van der Waals surface area contributed by atoms with Crippen molar-refractivity contribution in [2.45, 2.75) is 193 Å². The summed E-state index contributed by atoms with van der Waals surface area (Å²) >= 11 is 0. The molecular weight excluding hydrogens is 739 g/mol. The molecule has 0 heterocycles. The summed E-state index contributed by atoms with van der Waals surface area (Å²) in [7, 11) is 5.39. The van der Waals surface area contributed by atoms with Gasteiger partial charge < -0.3 is 28.6 Å². The van der Waals surface area contributed by atoms with E-state index in [0.29, 0.717) is 12.8 Å². The van der Waals surface area contributed by atoms with Crippen LogP contribution in [0.3, 0.4) is 0 Å². The van der Waals surface area contributed by atoms with Crippen molar-refractivity contribution in [3.05, 3.63) is 72.9 Å². The third kappa shape index (κ3) is 40.0. The third-order valence-electron chi connectivity index (χ3n) is 10.1. The second kappa shape index (κ2) is 41.5. The van der Waals surface area contributed by atoms with Gasteiger partial charge in [-0.05, 0) is 57.8 Å². The van der Waals surface area contributed by atoms with E-state index in [0.717, 1.165) is 64.2 Å². The first-order valence-electron chi connectivity index (χ1n) is 23.5. The van der Waals surface area contributed by atoms with Crippen LogP contribution in [0.4, 0.5) is 0 Å². The zero-order valence-electron chi connectivity index (χ0n) is 38.4. The highest BCUT2D eigenvalue weighted by Gasteiger charge is 2.25. The monoisotopic (exact) mass is 826 g/mol. The average molecular weight is 826 g/mol. The van der Waals surface area contributed by atoms with Crippen molar-refractivity contribution >= 4 is 17.9 Å². The van der Waals surface area contributed by atoms with Crippen LogP contribution in [0.15, 0.2) is 72.9 Å². The number of carbonyl (C=O) groups is 3. The Labute approximate surface area is 361 Å². The van der Waals surface area contributed by atoms with Crippen LogP contribution in [0.1, 0.15) is 181 Å². The quantitative estimate of drug-likeness (QED) is 0.0262. The number of carbonyl (C=O) groups excluding carboxylic acids is 3. The number of likely N-dealkylation sites (N-methyl/N-ethyl adjacent to an activating group) is 1. The first-order valence-corrected chi connectivity index (χ1v) is 23.5. The molecule has 0 rings (SSSR count). The molecule has 0 radical (unpaired) electrons. The highest BCUT2D eigenvalue weighted by atomic mass is 16.6. The van der Waals surface area contributed by atoms with E-state index >= 15 is 0 Å². The van der Waals surface area contributed by atoms with E-state index in [2.05, 4.69) is 86.8 Å². The van der Waals surface area contributed by atoms with Crippen LogP contribution < -0.4 is 5.11 Å². The molecule has 0 aromatic rings. The Morgan fingerprint density at radius 2 is 0.949 bits per heavy atom. The number of hydrogen-bond donors (Lipinski definition) is 0. The minimum atomic E-state index is -1.13. The van der Waals surface area contributed by atoms with Crippen molar-refractivity contribution in [2.24, 2.45) is 0 Å². The van der Waals surface area contributed by atoms with E-state index in [9.17, 15) is 19.5 Å². The first kappa shape index (κ1) is 55.8. The summed E-state index contributed by atoms with van der Waals surface area (Å²) < 4.78 is 17.1. The number of nitrogens with zero attached hydrogens (tertiary/aromatic N) is 1. The number of ether oxygens (including phenoxy) is 3. The van der Waals surface area contributed by atoms with Crippen LogP contribution >= 0.6 is 0 Å². The van der Waals surface area contributed by atoms with Gasteiger partial charge in [0.2, 0.25) is 0 Å². The largest absolute Gasteiger partial charge is 0.544 e. The van der Waals surface area contributed by atoms with E-state index < -0.39 is 18.1 Å². The van der Waals surface area contributed by atoms with Gasteiger partial charge in [0.15, 0.2) is 6.10 Å². The summed E-state index contributed by atoms with van der Waals surface area (Å²) in [6.45, 7) is 4.49. The number of rotatable bonds is 41. The van der Waals surface area contributed by atoms with E-state index in [1.54, 1.807) is 21.1 Å². The lowest BCUT2D eigenvalue weighted by atomic mass is 10.0. The van der Waals surface area contributed by atoms with Crippen molar-refractivity contribution in [1.29, 1.82) is 0 Å². The fourth-order valence-corrected chi connectivity index (χ4v) is 6.49. The standard InChI is InChI=1S/C51H87NO7/c1-6-8-10-12-14-16-18-20-22-23-24-25-26-28-29-31-33-35-37-39-41-49(53)58-46-47(45-57-44-43-48(51(55)56)52(3,4)5)59-50(54)42-40-38-36-34-32-30-27-21-19-17-15-13-11-9-7-2/h8,10,14,16,20,22,24-25,28-29,33,35,47-48H,6-7,9,11-13,15,17-19,21,23,26-27,30-32,34,36-46H2,1-5H3/b10-8+,16-14+,22-20+,25-24+,29-28+,35-33+. The van der Waals surface area contributed by atoms with Crippen molar-refractivity contribution in [2.75, 3.05) is 41.0 Å². The zero-order valence-corrected chi connectivity index (χ0v) is 38.4. The molecule has 59 heavy (non-hydrogen) atoms. The molecule has 338 valence electrons. The molecule has 0 saturated carbocycles. The van der Waals surface area contributed by atoms with Gasteiger partial charge in [-0.25, -0.2) is 0 Å². The van der Waals surface area contributed by atoms with Crippen LogP contribution in [-0.2, 0) is 28.6 Å². The minimum absolute atomic E-state index is 0.0212. The lowest BCUT2D eigenvalue weighted by Crippen LogP contribution is -2.55. The number of hydrogen-bond acceptors (Lipinski definition) is 7. The topological polar surface area (TPSA) is 102 Å². The van der Waals surface area contributed by atoms with Gasteiger partial charge in [-0.3, -0.25) is 9.59 Å². The molecule has 8 nitrogen and oxygen atoms in total. The minimum Gasteiger partial charge on any atom is -0.544 e. The Balaban J connectivity index is 4.41. The molecule has 0 aromatic heterocycles. The molecule has 8 heteroatoms. The number of unbranched alkanes of at least 4 members (excludes halogenated alkanes) is 15. The second-order valence-corrected chi connectivity index (χ2v) is 16.6. The van der Waals surface area contributed by atoms with Gasteiger partial charge in [0.1, 0.15) is 12.6 Å². The molecule has 2 atom stereocenters. The van der Waals surface area contributed by atoms with Crippen LogP contribution in [0.25, 0.3) is 0 Å². The maximum Gasteiger partial charge on any atom is 0.306 e. The van der Waals surface area contributed by atoms with Crippen LogP contribution in [0, 0.1) is 0 Å². The van der Waals surface area contributed by atoms with Crippen LogP contribution in [0.5, 0.6) is 0 Å². The smallest absolute Gasteiger partial charge is 0.306 e. The summed E-state index contributed by atoms with van der Waals surface area (Å²) in [6.07, 6.45) is 52.2. The molecule has 2 unspecified atom stereocenters. The third-order valence-corrected chi connectivity index (χ3v) is 10.1. The molecule has 0 aliphatic carbocycles. The summed E-state index contributed by atoms with van der Waals surface area (Å²) in [4.78, 5) is 36.9. The van der Waals surface area contributed by atoms with Crippen LogP contribution in [-0.4, -0.2) is 75.5 Å². The fourth-order valence-electron chi connectivity index (χ4n) is 6.49. The SMILES string of the molecule is CC/C=C/C/C=C/C/C=C/C/C=C/C/C=C/C/C=C/CCCC(=O)OCC(COCCC(C(=O)[O-])[N+](C)(C)C)OC(=O)CCCCCCCCCCCCCCCCC. The number of esters is 2. The van der Waals surface area contributed by atoms with E-state index in [1.807, 2.05) is 0 Å². The van der Waals surface area contributed by atoms with E-state index in [1.165, 1.54) is 77.0 Å². The molecular formula is C51H87NO7. The summed E-state index contributed by atoms with van der Waals surface area (Å²) in [5.41, 5.74) is 0. The van der Waals surface area contributed by atoms with E-state index in [-0.39, 0.29) is 49.1 Å². The molecule has 0 N–H and O–H groups in total. The number of quaternary nitrogens is 1. The first-order chi connectivity index (χ1) is 28.6. The Kier molecular flexibility index (Phi) is 39.2. The van der Waals surface area contributed by atoms with E-state index in [4.69, 9.17) is 14.2 Å². The lowest BCUT2D eigenvalue weighted by molar-refractivity contribution is -0.889. The maximum atomic E-state index is 12.7. The Morgan fingerprint density at radius 1 is 0.525 bits per heavy atom. The molecule has 0 aromatic carbocycles. The average Bonchev–Trinajstić information content (AvgIpc) is 3.19. The zero-order chi connectivity index (χ0) is 43.5. The van der Waals surface area contributed by atoms with Crippen molar-refractivity contribution in [3.8, 4) is 0 Å². The maximum absolute atomic E-state index is 12.7. The van der Waals surface area contributed by atoms with Crippen LogP contribution in [0.2, 0.25) is 0 Å². The van der Waals surface area contributed by atoms with Crippen molar-refractivity contribution < 1.29 is 38.2 Å². The number of carboxylic acid groups (broad SMARTS) is 1. The molecule has 0 bridgehead atoms. The summed E-state index contributed by atoms with van der Waals surface area (Å²) in [6, 6.07) is -0.736. The number of allylic oxidation sites excluding steroid dienone is 12. The van der Waals surface area contributed by atoms with Crippen molar-refractivity contribution in [1.82, 2.24) is 0 Å². The number of aliphatic carboxylic acids is 1. The predicted molar refractivity (Wildman–Crippen MR) is 245 cm³/mol. The summed E-state index contributed by atoms with van der Waals surface area (Å²) in [5, 5.41) is 11.6. The Hall–Kier alpha value is -3.23. The number of carboxylic acids is 1. The Morgan fingerprint density at radius 3 is 1.39 bits per heavy atom. The molecule has 0 saturated heterocycles. The fraction of sp³-hybridized carbons (Fsp3) is 0.706. The Bertz CT molecular complexity index is 1190.